The van der Waals surface area contributed by atoms with Crippen molar-refractivity contribution in [2.45, 2.75) is 13.8 Å². The molecule has 0 atom stereocenters. The maximum atomic E-state index is 10.9. The van der Waals surface area contributed by atoms with Crippen LogP contribution in [0.4, 0.5) is 0 Å². The number of amides is 1. The van der Waals surface area contributed by atoms with E-state index in [0.29, 0.717) is 6.54 Å². The first-order valence-electron chi connectivity index (χ1n) is 4.51. The van der Waals surface area contributed by atoms with Gasteiger partial charge in [0.2, 0.25) is 5.91 Å². The molecule has 4 heteroatoms. The molecule has 0 unspecified atom stereocenters. The van der Waals surface area contributed by atoms with Crippen LogP contribution in [0, 0.1) is 5.41 Å². The fourth-order valence-electron chi connectivity index (χ4n) is 0.791. The summed E-state index contributed by atoms with van der Waals surface area (Å²) in [6.45, 7) is 6.17. The lowest BCUT2D eigenvalue weighted by molar-refractivity contribution is -0.125. The number of nitrogens with zero attached hydrogens (tertiary/aromatic N) is 1. The summed E-state index contributed by atoms with van der Waals surface area (Å²) in [6.07, 6.45) is 0. The lowest BCUT2D eigenvalue weighted by Crippen LogP contribution is -2.42. The van der Waals surface area contributed by atoms with Crippen LogP contribution >= 0.6 is 0 Å². The second kappa shape index (κ2) is 5.19. The molecule has 3 N–H and O–H groups in total. The Morgan fingerprint density at radius 1 is 1.46 bits per heavy atom. The largest absolute Gasteiger partial charge is 0.369 e. The SMILES string of the molecule is CN(C)CCNCC(C)(C)C(N)=O. The van der Waals surface area contributed by atoms with Crippen molar-refractivity contribution < 1.29 is 4.79 Å². The van der Waals surface area contributed by atoms with E-state index in [1.807, 2.05) is 27.9 Å². The standard InChI is InChI=1S/C9H21N3O/c1-9(2,8(10)13)7-11-5-6-12(3)4/h11H,5-7H2,1-4H3,(H2,10,13). The van der Waals surface area contributed by atoms with Crippen molar-refractivity contribution in [3.05, 3.63) is 0 Å². The number of carbonyl (C=O) groups excluding carboxylic acids is 1. The van der Waals surface area contributed by atoms with Gasteiger partial charge in [-0.2, -0.15) is 0 Å². The number of carbonyl (C=O) groups is 1. The van der Waals surface area contributed by atoms with E-state index in [4.69, 9.17) is 5.73 Å². The minimum absolute atomic E-state index is 0.259. The highest BCUT2D eigenvalue weighted by Gasteiger charge is 2.23. The first kappa shape index (κ1) is 12.4. The van der Waals surface area contributed by atoms with Crippen LogP contribution < -0.4 is 11.1 Å². The first-order chi connectivity index (χ1) is 5.86. The molecular formula is C9H21N3O. The normalized spacial score (nSPS) is 12.1. The molecule has 0 radical (unpaired) electrons. The number of hydrogen-bond acceptors (Lipinski definition) is 3. The van der Waals surface area contributed by atoms with E-state index in [1.54, 1.807) is 0 Å². The maximum Gasteiger partial charge on any atom is 0.224 e. The molecule has 0 bridgehead atoms. The average Bonchev–Trinajstić information content (AvgIpc) is 1.97. The number of rotatable bonds is 6. The molecule has 13 heavy (non-hydrogen) atoms. The summed E-state index contributed by atoms with van der Waals surface area (Å²) in [4.78, 5) is 13.0. The zero-order valence-electron chi connectivity index (χ0n) is 9.05. The van der Waals surface area contributed by atoms with Gasteiger partial charge in [-0.05, 0) is 27.9 Å². The van der Waals surface area contributed by atoms with Gasteiger partial charge in [-0.3, -0.25) is 4.79 Å². The van der Waals surface area contributed by atoms with Crippen LogP contribution in [0.2, 0.25) is 0 Å². The quantitative estimate of drug-likeness (QED) is 0.559. The highest BCUT2D eigenvalue weighted by molar-refractivity contribution is 5.80. The van der Waals surface area contributed by atoms with Crippen LogP contribution in [0.15, 0.2) is 0 Å². The first-order valence-corrected chi connectivity index (χ1v) is 4.51. The van der Waals surface area contributed by atoms with E-state index in [9.17, 15) is 4.79 Å². The van der Waals surface area contributed by atoms with E-state index in [2.05, 4.69) is 10.2 Å². The Hall–Kier alpha value is -0.610. The maximum absolute atomic E-state index is 10.9. The van der Waals surface area contributed by atoms with Crippen LogP contribution in [0.5, 0.6) is 0 Å². The molecule has 0 rings (SSSR count). The van der Waals surface area contributed by atoms with E-state index in [1.165, 1.54) is 0 Å². The third kappa shape index (κ3) is 5.60. The smallest absolute Gasteiger partial charge is 0.224 e. The molecule has 0 spiro atoms. The molecule has 0 aromatic carbocycles. The van der Waals surface area contributed by atoms with E-state index in [-0.39, 0.29) is 5.91 Å². The van der Waals surface area contributed by atoms with Crippen LogP contribution in [-0.2, 0) is 4.79 Å². The second-order valence-corrected chi connectivity index (χ2v) is 4.23. The van der Waals surface area contributed by atoms with Crippen molar-refractivity contribution in [3.63, 3.8) is 0 Å². The molecule has 0 aliphatic heterocycles. The average molecular weight is 187 g/mol. The predicted molar refractivity (Wildman–Crippen MR) is 54.4 cm³/mol. The number of hydrogen-bond donors (Lipinski definition) is 2. The lowest BCUT2D eigenvalue weighted by Gasteiger charge is -2.21. The molecule has 0 saturated heterocycles. The molecular weight excluding hydrogens is 166 g/mol. The van der Waals surface area contributed by atoms with Gasteiger partial charge >= 0.3 is 0 Å². The Balaban J connectivity index is 3.58. The highest BCUT2D eigenvalue weighted by atomic mass is 16.1. The monoisotopic (exact) mass is 187 g/mol. The fraction of sp³-hybridized carbons (Fsp3) is 0.889. The van der Waals surface area contributed by atoms with Gasteiger partial charge in [0.15, 0.2) is 0 Å². The van der Waals surface area contributed by atoms with Crippen molar-refractivity contribution in [2.24, 2.45) is 11.1 Å². The Morgan fingerprint density at radius 3 is 2.38 bits per heavy atom. The molecule has 0 saturated carbocycles. The number of likely N-dealkylation sites (N-methyl/N-ethyl adjacent to an activating group) is 1. The van der Waals surface area contributed by atoms with Crippen LogP contribution in [0.25, 0.3) is 0 Å². The van der Waals surface area contributed by atoms with E-state index < -0.39 is 5.41 Å². The molecule has 0 aromatic rings. The predicted octanol–water partition coefficient (Wildman–Crippen LogP) is -0.351. The topological polar surface area (TPSA) is 58.4 Å². The third-order valence-corrected chi connectivity index (χ3v) is 1.97. The van der Waals surface area contributed by atoms with Gasteiger partial charge in [0, 0.05) is 19.6 Å². The summed E-state index contributed by atoms with van der Waals surface area (Å²) >= 11 is 0. The molecule has 0 aromatic heterocycles. The van der Waals surface area contributed by atoms with Gasteiger partial charge in [-0.25, -0.2) is 0 Å². The molecule has 0 aliphatic carbocycles. The van der Waals surface area contributed by atoms with Gasteiger partial charge in [-0.1, -0.05) is 0 Å². The summed E-state index contributed by atoms with van der Waals surface area (Å²) in [5, 5.41) is 3.20. The number of primary amides is 1. The van der Waals surface area contributed by atoms with Crippen LogP contribution in [0.1, 0.15) is 13.8 Å². The second-order valence-electron chi connectivity index (χ2n) is 4.23. The summed E-state index contributed by atoms with van der Waals surface area (Å²) in [5.41, 5.74) is 4.77. The molecule has 0 aliphatic rings. The number of nitrogens with two attached hydrogens (primary N) is 1. The molecule has 0 fully saturated rings. The summed E-state index contributed by atoms with van der Waals surface area (Å²) in [5.74, 6) is -0.259. The van der Waals surface area contributed by atoms with Gasteiger partial charge < -0.3 is 16.0 Å². The Labute approximate surface area is 80.5 Å². The van der Waals surface area contributed by atoms with E-state index in [0.717, 1.165) is 13.1 Å². The summed E-state index contributed by atoms with van der Waals surface area (Å²) < 4.78 is 0. The molecule has 1 amide bonds. The molecule has 4 nitrogen and oxygen atoms in total. The van der Waals surface area contributed by atoms with Gasteiger partial charge in [0.1, 0.15) is 0 Å². The highest BCUT2D eigenvalue weighted by Crippen LogP contribution is 2.11. The van der Waals surface area contributed by atoms with Crippen LogP contribution in [-0.4, -0.2) is 44.5 Å². The number of nitrogens with one attached hydrogen (secondary N) is 1. The molecule has 78 valence electrons. The van der Waals surface area contributed by atoms with Gasteiger partial charge in [0.25, 0.3) is 0 Å². The van der Waals surface area contributed by atoms with Crippen molar-refractivity contribution in [1.29, 1.82) is 0 Å². The minimum Gasteiger partial charge on any atom is -0.369 e. The van der Waals surface area contributed by atoms with Gasteiger partial charge in [-0.15, -0.1) is 0 Å². The summed E-state index contributed by atoms with van der Waals surface area (Å²) in [6, 6.07) is 0. The van der Waals surface area contributed by atoms with Crippen molar-refractivity contribution >= 4 is 5.91 Å². The zero-order chi connectivity index (χ0) is 10.5. The molecule has 0 heterocycles. The fourth-order valence-corrected chi connectivity index (χ4v) is 0.791. The van der Waals surface area contributed by atoms with Gasteiger partial charge in [0.05, 0.1) is 5.41 Å². The van der Waals surface area contributed by atoms with E-state index >= 15 is 0 Å². The minimum atomic E-state index is -0.452. The van der Waals surface area contributed by atoms with Crippen molar-refractivity contribution in [1.82, 2.24) is 10.2 Å². The lowest BCUT2D eigenvalue weighted by atomic mass is 9.93. The Morgan fingerprint density at radius 2 is 2.00 bits per heavy atom. The van der Waals surface area contributed by atoms with Crippen molar-refractivity contribution in [2.75, 3.05) is 33.7 Å². The third-order valence-electron chi connectivity index (χ3n) is 1.97. The summed E-state index contributed by atoms with van der Waals surface area (Å²) in [7, 11) is 4.03. The zero-order valence-corrected chi connectivity index (χ0v) is 9.05. The Bertz CT molecular complexity index is 166. The van der Waals surface area contributed by atoms with Crippen molar-refractivity contribution in [3.8, 4) is 0 Å². The Kier molecular flexibility index (Phi) is 4.95. The van der Waals surface area contributed by atoms with Crippen LogP contribution in [0.3, 0.4) is 0 Å².